The van der Waals surface area contributed by atoms with Crippen molar-refractivity contribution >= 4 is 32.3 Å². The number of amides is 1. The number of aromatic amines is 1. The van der Waals surface area contributed by atoms with E-state index in [4.69, 9.17) is 4.74 Å². The summed E-state index contributed by atoms with van der Waals surface area (Å²) in [6.45, 7) is 11.0. The first-order valence-electron chi connectivity index (χ1n) is 12.9. The van der Waals surface area contributed by atoms with Crippen molar-refractivity contribution in [2.45, 2.75) is 65.5 Å². The van der Waals surface area contributed by atoms with Gasteiger partial charge in [-0.3, -0.25) is 9.59 Å². The van der Waals surface area contributed by atoms with Crippen molar-refractivity contribution in [1.82, 2.24) is 14.6 Å². The first-order chi connectivity index (χ1) is 17.5. The highest BCUT2D eigenvalue weighted by molar-refractivity contribution is 7.88. The van der Waals surface area contributed by atoms with Crippen molar-refractivity contribution in [2.75, 3.05) is 44.0 Å². The van der Waals surface area contributed by atoms with Crippen molar-refractivity contribution in [2.24, 2.45) is 0 Å². The molecule has 2 aromatic rings. The van der Waals surface area contributed by atoms with Crippen LogP contribution in [0.1, 0.15) is 69.7 Å². The molecule has 2 aliphatic heterocycles. The maximum atomic E-state index is 13.7. The fraction of sp³-hybridized carbons (Fsp3) is 0.615. The molecule has 1 atom stereocenters. The van der Waals surface area contributed by atoms with Crippen LogP contribution >= 0.6 is 11.3 Å². The van der Waals surface area contributed by atoms with Crippen LogP contribution in [0.4, 0.5) is 5.00 Å². The second-order valence-electron chi connectivity index (χ2n) is 10.1. The van der Waals surface area contributed by atoms with Gasteiger partial charge >= 0.3 is 0 Å². The van der Waals surface area contributed by atoms with Gasteiger partial charge in [-0.1, -0.05) is 0 Å². The van der Waals surface area contributed by atoms with Crippen LogP contribution in [-0.4, -0.2) is 68.8 Å². The van der Waals surface area contributed by atoms with Crippen LogP contribution in [0.25, 0.3) is 0 Å². The van der Waals surface area contributed by atoms with Gasteiger partial charge in [-0.15, -0.1) is 11.3 Å². The molecule has 0 aliphatic carbocycles. The Morgan fingerprint density at radius 3 is 2.54 bits per heavy atom. The van der Waals surface area contributed by atoms with E-state index in [9.17, 15) is 18.0 Å². The van der Waals surface area contributed by atoms with E-state index in [-0.39, 0.29) is 23.9 Å². The molecule has 204 valence electrons. The fourth-order valence-corrected chi connectivity index (χ4v) is 7.99. The third-order valence-electron chi connectivity index (χ3n) is 7.52. The molecule has 4 heterocycles. The lowest BCUT2D eigenvalue weighted by atomic mass is 9.99. The number of nitrogens with one attached hydrogen (secondary N) is 2. The summed E-state index contributed by atoms with van der Waals surface area (Å²) in [6, 6.07) is 2.23. The van der Waals surface area contributed by atoms with E-state index in [0.717, 1.165) is 59.3 Å². The van der Waals surface area contributed by atoms with Gasteiger partial charge in [0.25, 0.3) is 11.5 Å². The van der Waals surface area contributed by atoms with E-state index in [1.165, 1.54) is 10.6 Å². The largest absolute Gasteiger partial charge is 0.381 e. The number of hydrogen-bond donors (Lipinski definition) is 2. The number of H-pyrrole nitrogens is 1. The topological polar surface area (TPSA) is 112 Å². The van der Waals surface area contributed by atoms with Crippen molar-refractivity contribution in [1.29, 1.82) is 0 Å². The zero-order valence-corrected chi connectivity index (χ0v) is 24.0. The Hall–Kier alpha value is -2.21. The highest BCUT2D eigenvalue weighted by Gasteiger charge is 2.36. The maximum Gasteiger partial charge on any atom is 0.253 e. The number of carbonyl (C=O) groups excluding carboxylic acids is 1. The van der Waals surface area contributed by atoms with Crippen LogP contribution in [0, 0.1) is 20.8 Å². The molecular weight excluding hydrogens is 512 g/mol. The molecule has 2 aromatic heterocycles. The van der Waals surface area contributed by atoms with Gasteiger partial charge in [0.2, 0.25) is 10.0 Å². The van der Waals surface area contributed by atoms with Crippen molar-refractivity contribution < 1.29 is 17.9 Å². The molecule has 0 spiro atoms. The zero-order valence-electron chi connectivity index (χ0n) is 22.3. The van der Waals surface area contributed by atoms with Gasteiger partial charge in [0, 0.05) is 67.5 Å². The molecule has 4 rings (SSSR count). The summed E-state index contributed by atoms with van der Waals surface area (Å²) in [5.41, 5.74) is 3.49. The molecule has 2 saturated heterocycles. The van der Waals surface area contributed by atoms with E-state index in [1.807, 2.05) is 26.8 Å². The van der Waals surface area contributed by atoms with Crippen LogP contribution in [0.3, 0.4) is 0 Å². The average Bonchev–Trinajstić information content (AvgIpc) is 3.45. The van der Waals surface area contributed by atoms with Gasteiger partial charge in [0.1, 0.15) is 0 Å². The molecule has 0 aromatic carbocycles. The van der Waals surface area contributed by atoms with E-state index >= 15 is 0 Å². The van der Waals surface area contributed by atoms with E-state index in [1.54, 1.807) is 11.3 Å². The lowest BCUT2D eigenvalue weighted by Crippen LogP contribution is -2.39. The highest BCUT2D eigenvalue weighted by Crippen LogP contribution is 2.44. The van der Waals surface area contributed by atoms with Crippen LogP contribution in [-0.2, 0) is 21.3 Å². The van der Waals surface area contributed by atoms with Crippen LogP contribution in [0.5, 0.6) is 0 Å². The van der Waals surface area contributed by atoms with Gasteiger partial charge in [-0.25, -0.2) is 12.7 Å². The monoisotopic (exact) mass is 550 g/mol. The Balaban J connectivity index is 1.68. The SMILES string of the molecule is CCN(c1sc(C2CCN(S(C)(=O)=O)C2)c(C(=O)NCc2c(C)cc(C)[nH]c2=O)c1C)C1CCOCC1. The number of hydrogen-bond acceptors (Lipinski definition) is 7. The molecule has 0 radical (unpaired) electrons. The molecule has 2 aliphatic rings. The summed E-state index contributed by atoms with van der Waals surface area (Å²) in [4.78, 5) is 32.3. The van der Waals surface area contributed by atoms with E-state index in [2.05, 4.69) is 22.1 Å². The summed E-state index contributed by atoms with van der Waals surface area (Å²) in [5, 5.41) is 4.06. The fourth-order valence-electron chi connectivity index (χ4n) is 5.53. The Labute approximate surface area is 223 Å². The second-order valence-corrected chi connectivity index (χ2v) is 13.1. The zero-order chi connectivity index (χ0) is 26.9. The molecule has 2 fully saturated rings. The number of sulfonamides is 1. The summed E-state index contributed by atoms with van der Waals surface area (Å²) >= 11 is 1.62. The summed E-state index contributed by atoms with van der Waals surface area (Å²) in [7, 11) is -3.30. The number of ether oxygens (including phenoxy) is 1. The summed E-state index contributed by atoms with van der Waals surface area (Å²) in [6.07, 6.45) is 3.78. The molecule has 37 heavy (non-hydrogen) atoms. The normalized spacial score (nSPS) is 19.3. The van der Waals surface area contributed by atoms with E-state index in [0.29, 0.717) is 36.7 Å². The van der Waals surface area contributed by atoms with E-state index < -0.39 is 10.0 Å². The van der Waals surface area contributed by atoms with Crippen molar-refractivity contribution in [3.8, 4) is 0 Å². The minimum absolute atomic E-state index is 0.0502. The first kappa shape index (κ1) is 27.8. The smallest absolute Gasteiger partial charge is 0.253 e. The minimum atomic E-state index is -3.30. The quantitative estimate of drug-likeness (QED) is 0.523. The second kappa shape index (κ2) is 11.3. The summed E-state index contributed by atoms with van der Waals surface area (Å²) in [5.74, 6) is -0.277. The molecule has 1 amide bonds. The van der Waals surface area contributed by atoms with Crippen molar-refractivity contribution in [3.63, 3.8) is 0 Å². The Morgan fingerprint density at radius 2 is 1.95 bits per heavy atom. The Morgan fingerprint density at radius 1 is 1.24 bits per heavy atom. The average molecular weight is 551 g/mol. The lowest BCUT2D eigenvalue weighted by molar-refractivity contribution is 0.0847. The number of aromatic nitrogens is 1. The first-order valence-corrected chi connectivity index (χ1v) is 15.6. The van der Waals surface area contributed by atoms with Gasteiger partial charge in [0.15, 0.2) is 0 Å². The summed E-state index contributed by atoms with van der Waals surface area (Å²) < 4.78 is 31.5. The number of rotatable bonds is 8. The van der Waals surface area contributed by atoms with Crippen LogP contribution in [0.15, 0.2) is 10.9 Å². The molecule has 11 heteroatoms. The van der Waals surface area contributed by atoms with Gasteiger partial charge in [0.05, 0.1) is 16.8 Å². The van der Waals surface area contributed by atoms with Crippen molar-refractivity contribution in [3.05, 3.63) is 49.2 Å². The maximum absolute atomic E-state index is 13.7. The Kier molecular flexibility index (Phi) is 8.47. The predicted molar refractivity (Wildman–Crippen MR) is 147 cm³/mol. The van der Waals surface area contributed by atoms with Gasteiger partial charge < -0.3 is 19.9 Å². The molecule has 9 nitrogen and oxygen atoms in total. The number of thiophene rings is 1. The van der Waals surface area contributed by atoms with Crippen LogP contribution in [0.2, 0.25) is 0 Å². The number of nitrogens with zero attached hydrogens (tertiary/aromatic N) is 2. The highest BCUT2D eigenvalue weighted by atomic mass is 32.2. The number of pyridine rings is 1. The molecule has 0 saturated carbocycles. The minimum Gasteiger partial charge on any atom is -0.381 e. The third-order valence-corrected chi connectivity index (χ3v) is 10.3. The molecular formula is C26H38N4O5S2. The van der Waals surface area contributed by atoms with Gasteiger partial charge in [-0.05, 0) is 64.2 Å². The lowest BCUT2D eigenvalue weighted by Gasteiger charge is -2.35. The number of carbonyl (C=O) groups is 1. The molecule has 2 N–H and O–H groups in total. The Bertz CT molecular complexity index is 1310. The number of anilines is 1. The third kappa shape index (κ3) is 5.94. The van der Waals surface area contributed by atoms with Crippen LogP contribution < -0.4 is 15.8 Å². The standard InChI is InChI=1S/C26H38N4O5S2/c1-6-30(20-8-11-35-12-9-20)26-18(4)22(23(36-26)19-7-10-29(15-19)37(5,33)34)25(32)27-14-21-16(2)13-17(3)28-24(21)31/h13,19-20H,6-12,14-15H2,1-5H3,(H,27,32)(H,28,31). The van der Waals surface area contributed by atoms with Gasteiger partial charge in [-0.2, -0.15) is 0 Å². The molecule has 0 bridgehead atoms. The molecule has 1 unspecified atom stereocenters. The predicted octanol–water partition coefficient (Wildman–Crippen LogP) is 3.05. The number of aryl methyl sites for hydroxylation is 2.